The molecule has 0 saturated heterocycles. The van der Waals surface area contributed by atoms with Crippen LogP contribution in [0.2, 0.25) is 5.02 Å². The zero-order valence-electron chi connectivity index (χ0n) is 11.2. The van der Waals surface area contributed by atoms with Gasteiger partial charge in [0.2, 0.25) is 0 Å². The van der Waals surface area contributed by atoms with Crippen molar-refractivity contribution in [3.8, 4) is 11.5 Å². The molecule has 0 radical (unpaired) electrons. The van der Waals surface area contributed by atoms with Gasteiger partial charge < -0.3 is 15.2 Å². The lowest BCUT2D eigenvalue weighted by atomic mass is 10.2. The van der Waals surface area contributed by atoms with Crippen LogP contribution < -0.4 is 15.2 Å². The molecule has 0 amide bonds. The first-order chi connectivity index (χ1) is 9.81. The summed E-state index contributed by atoms with van der Waals surface area (Å²) in [5.41, 5.74) is 6.58. The Labute approximate surface area is 124 Å². The van der Waals surface area contributed by atoms with Crippen LogP contribution in [0.5, 0.6) is 11.5 Å². The average Bonchev–Trinajstić information content (AvgIpc) is 2.49. The smallest absolute Gasteiger partial charge is 0.142 e. The third kappa shape index (κ3) is 4.15. The lowest BCUT2D eigenvalue weighted by Crippen LogP contribution is -2.07. The minimum Gasteiger partial charge on any atom is -0.493 e. The van der Waals surface area contributed by atoms with Crippen LogP contribution in [0.25, 0.3) is 0 Å². The van der Waals surface area contributed by atoms with Crippen molar-refractivity contribution in [1.82, 2.24) is 0 Å². The van der Waals surface area contributed by atoms with E-state index in [2.05, 4.69) is 0 Å². The molecular formula is C16H18ClNO2. The monoisotopic (exact) mass is 291 g/mol. The van der Waals surface area contributed by atoms with Gasteiger partial charge in [-0.1, -0.05) is 41.9 Å². The fraction of sp³-hybridized carbons (Fsp3) is 0.250. The third-order valence-corrected chi connectivity index (χ3v) is 3.11. The van der Waals surface area contributed by atoms with Gasteiger partial charge in [0.15, 0.2) is 0 Å². The highest BCUT2D eigenvalue weighted by Gasteiger charge is 2.06. The molecule has 20 heavy (non-hydrogen) atoms. The summed E-state index contributed by atoms with van der Waals surface area (Å²) in [6, 6.07) is 15.3. The summed E-state index contributed by atoms with van der Waals surface area (Å²) in [4.78, 5) is 0. The number of halogens is 1. The van der Waals surface area contributed by atoms with Gasteiger partial charge in [-0.25, -0.2) is 0 Å². The second kappa shape index (κ2) is 7.78. The van der Waals surface area contributed by atoms with Crippen molar-refractivity contribution in [2.75, 3.05) is 13.2 Å². The zero-order chi connectivity index (χ0) is 14.2. The van der Waals surface area contributed by atoms with Gasteiger partial charge in [0, 0.05) is 18.5 Å². The molecule has 0 aliphatic carbocycles. The van der Waals surface area contributed by atoms with E-state index in [1.807, 2.05) is 42.5 Å². The Morgan fingerprint density at radius 3 is 2.40 bits per heavy atom. The van der Waals surface area contributed by atoms with Crippen molar-refractivity contribution < 1.29 is 9.47 Å². The van der Waals surface area contributed by atoms with Gasteiger partial charge >= 0.3 is 0 Å². The maximum atomic E-state index is 6.11. The van der Waals surface area contributed by atoms with E-state index in [1.54, 1.807) is 6.07 Å². The van der Waals surface area contributed by atoms with Crippen molar-refractivity contribution in [2.45, 2.75) is 13.0 Å². The first-order valence-electron chi connectivity index (χ1n) is 6.59. The highest BCUT2D eigenvalue weighted by atomic mass is 35.5. The zero-order valence-corrected chi connectivity index (χ0v) is 12.0. The van der Waals surface area contributed by atoms with E-state index >= 15 is 0 Å². The molecule has 0 heterocycles. The summed E-state index contributed by atoms with van der Waals surface area (Å²) in [7, 11) is 0. The van der Waals surface area contributed by atoms with Gasteiger partial charge in [-0.3, -0.25) is 0 Å². The standard InChI is InChI=1S/C16H18ClNO2/c17-15-9-4-6-13(12-18)16(15)20-11-5-10-19-14-7-2-1-3-8-14/h1-4,6-9H,5,10-12,18H2. The van der Waals surface area contributed by atoms with Gasteiger partial charge in [0.05, 0.1) is 18.2 Å². The van der Waals surface area contributed by atoms with Crippen molar-refractivity contribution in [1.29, 1.82) is 0 Å². The lowest BCUT2D eigenvalue weighted by Gasteiger charge is -2.12. The fourth-order valence-electron chi connectivity index (χ4n) is 1.82. The highest BCUT2D eigenvalue weighted by Crippen LogP contribution is 2.28. The van der Waals surface area contributed by atoms with E-state index in [0.29, 0.717) is 30.5 Å². The van der Waals surface area contributed by atoms with E-state index in [1.165, 1.54) is 0 Å². The lowest BCUT2D eigenvalue weighted by molar-refractivity contribution is 0.246. The first-order valence-corrected chi connectivity index (χ1v) is 6.97. The van der Waals surface area contributed by atoms with Crippen molar-refractivity contribution in [2.24, 2.45) is 5.73 Å². The molecule has 3 nitrogen and oxygen atoms in total. The highest BCUT2D eigenvalue weighted by molar-refractivity contribution is 6.32. The van der Waals surface area contributed by atoms with E-state index in [4.69, 9.17) is 26.8 Å². The summed E-state index contributed by atoms with van der Waals surface area (Å²) in [5.74, 6) is 1.55. The molecule has 0 spiro atoms. The van der Waals surface area contributed by atoms with Crippen molar-refractivity contribution >= 4 is 11.6 Å². The number of benzene rings is 2. The predicted molar refractivity (Wildman–Crippen MR) is 81.4 cm³/mol. The molecule has 2 rings (SSSR count). The first kappa shape index (κ1) is 14.7. The molecule has 2 N–H and O–H groups in total. The molecule has 2 aromatic carbocycles. The number of hydrogen-bond donors (Lipinski definition) is 1. The maximum absolute atomic E-state index is 6.11. The summed E-state index contributed by atoms with van der Waals surface area (Å²) in [5, 5.41) is 0.594. The van der Waals surface area contributed by atoms with E-state index < -0.39 is 0 Å². The SMILES string of the molecule is NCc1cccc(Cl)c1OCCCOc1ccccc1. The summed E-state index contributed by atoms with van der Waals surface area (Å²) >= 11 is 6.11. The van der Waals surface area contributed by atoms with E-state index in [0.717, 1.165) is 17.7 Å². The summed E-state index contributed by atoms with van der Waals surface area (Å²) < 4.78 is 11.3. The second-order valence-corrected chi connectivity index (χ2v) is 4.70. The summed E-state index contributed by atoms with van der Waals surface area (Å²) in [6.45, 7) is 1.56. The fourth-order valence-corrected chi connectivity index (χ4v) is 2.06. The molecule has 0 fully saturated rings. The molecule has 0 unspecified atom stereocenters. The number of hydrogen-bond acceptors (Lipinski definition) is 3. The molecule has 106 valence electrons. The van der Waals surface area contributed by atoms with Gasteiger partial charge in [-0.05, 0) is 18.2 Å². The van der Waals surface area contributed by atoms with E-state index in [-0.39, 0.29) is 0 Å². The predicted octanol–water partition coefficient (Wildman–Crippen LogP) is 3.65. The second-order valence-electron chi connectivity index (χ2n) is 4.30. The van der Waals surface area contributed by atoms with Crippen LogP contribution in [0, 0.1) is 0 Å². The Balaban J connectivity index is 1.76. The van der Waals surface area contributed by atoms with Crippen LogP contribution in [-0.4, -0.2) is 13.2 Å². The van der Waals surface area contributed by atoms with Crippen molar-refractivity contribution in [3.63, 3.8) is 0 Å². The average molecular weight is 292 g/mol. The number of ether oxygens (including phenoxy) is 2. The molecule has 4 heteroatoms. The van der Waals surface area contributed by atoms with Gasteiger partial charge in [0.25, 0.3) is 0 Å². The maximum Gasteiger partial charge on any atom is 0.142 e. The van der Waals surface area contributed by atoms with Gasteiger partial charge in [-0.2, -0.15) is 0 Å². The van der Waals surface area contributed by atoms with Crippen LogP contribution in [0.3, 0.4) is 0 Å². The summed E-state index contributed by atoms with van der Waals surface area (Å²) in [6.07, 6.45) is 0.782. The van der Waals surface area contributed by atoms with Crippen LogP contribution in [0.15, 0.2) is 48.5 Å². The van der Waals surface area contributed by atoms with Crippen LogP contribution in [0.1, 0.15) is 12.0 Å². The normalized spacial score (nSPS) is 10.3. The van der Waals surface area contributed by atoms with Gasteiger partial charge in [-0.15, -0.1) is 0 Å². The minimum absolute atomic E-state index is 0.413. The van der Waals surface area contributed by atoms with Crippen molar-refractivity contribution in [3.05, 3.63) is 59.1 Å². The van der Waals surface area contributed by atoms with Crippen LogP contribution >= 0.6 is 11.6 Å². The number of nitrogens with two attached hydrogens (primary N) is 1. The number of para-hydroxylation sites is 2. The quantitative estimate of drug-likeness (QED) is 0.792. The topological polar surface area (TPSA) is 44.5 Å². The largest absolute Gasteiger partial charge is 0.493 e. The molecule has 0 aliphatic rings. The molecule has 2 aromatic rings. The Kier molecular flexibility index (Phi) is 5.71. The minimum atomic E-state index is 0.413. The Morgan fingerprint density at radius 1 is 0.900 bits per heavy atom. The van der Waals surface area contributed by atoms with Gasteiger partial charge in [0.1, 0.15) is 11.5 Å². The Hall–Kier alpha value is -1.71. The number of rotatable bonds is 7. The molecule has 0 saturated carbocycles. The molecule has 0 aromatic heterocycles. The molecule has 0 atom stereocenters. The third-order valence-electron chi connectivity index (χ3n) is 2.82. The van der Waals surface area contributed by atoms with Crippen LogP contribution in [0.4, 0.5) is 0 Å². The van der Waals surface area contributed by atoms with E-state index in [9.17, 15) is 0 Å². The Morgan fingerprint density at radius 2 is 1.65 bits per heavy atom. The molecule has 0 bridgehead atoms. The van der Waals surface area contributed by atoms with Crippen LogP contribution in [-0.2, 0) is 6.54 Å². The molecule has 0 aliphatic heterocycles. The Bertz CT molecular complexity index is 531. The molecular weight excluding hydrogens is 274 g/mol.